The van der Waals surface area contributed by atoms with Crippen molar-refractivity contribution in [3.05, 3.63) is 63.6 Å². The number of rotatable bonds is 5. The van der Waals surface area contributed by atoms with Crippen LogP contribution >= 0.6 is 35.0 Å². The highest BCUT2D eigenvalue weighted by Gasteiger charge is 2.08. The standard InChI is InChI=1S/C16H17Cl2NS/c1-11-5-6-12(16(18)7-11)8-14(19)10-20-15-4-2-3-13(17)9-15/h2-7,9,14H,8,10,19H2,1H3. The fraction of sp³-hybridized carbons (Fsp3) is 0.250. The first-order chi connectivity index (χ1) is 9.54. The predicted octanol–water partition coefficient (Wildman–Crippen LogP) is 4.96. The van der Waals surface area contributed by atoms with Gasteiger partial charge in [-0.25, -0.2) is 0 Å². The van der Waals surface area contributed by atoms with Crippen molar-refractivity contribution < 1.29 is 0 Å². The lowest BCUT2D eigenvalue weighted by Gasteiger charge is -2.13. The zero-order valence-corrected chi connectivity index (χ0v) is 13.6. The summed E-state index contributed by atoms with van der Waals surface area (Å²) in [4.78, 5) is 1.14. The quantitative estimate of drug-likeness (QED) is 0.786. The maximum atomic E-state index is 6.23. The van der Waals surface area contributed by atoms with Gasteiger partial charge in [0, 0.05) is 26.7 Å². The van der Waals surface area contributed by atoms with Crippen LogP contribution in [0, 0.1) is 6.92 Å². The van der Waals surface area contributed by atoms with Crippen molar-refractivity contribution in [1.29, 1.82) is 0 Å². The van der Waals surface area contributed by atoms with Crippen LogP contribution in [0.15, 0.2) is 47.4 Å². The van der Waals surface area contributed by atoms with Crippen molar-refractivity contribution >= 4 is 35.0 Å². The Hall–Kier alpha value is -0.670. The molecule has 2 N–H and O–H groups in total. The summed E-state index contributed by atoms with van der Waals surface area (Å²) < 4.78 is 0. The molecule has 0 fully saturated rings. The summed E-state index contributed by atoms with van der Waals surface area (Å²) in [5.41, 5.74) is 8.46. The Bertz CT molecular complexity index is 586. The highest BCUT2D eigenvalue weighted by molar-refractivity contribution is 7.99. The largest absolute Gasteiger partial charge is 0.327 e. The number of thioether (sulfide) groups is 1. The number of hydrogen-bond donors (Lipinski definition) is 1. The Morgan fingerprint density at radius 2 is 1.95 bits per heavy atom. The number of hydrogen-bond acceptors (Lipinski definition) is 2. The maximum absolute atomic E-state index is 6.23. The molecule has 106 valence electrons. The minimum atomic E-state index is 0.0687. The van der Waals surface area contributed by atoms with E-state index in [0.717, 1.165) is 32.7 Å². The first-order valence-corrected chi connectivity index (χ1v) is 8.18. The SMILES string of the molecule is Cc1ccc(CC(N)CSc2cccc(Cl)c2)c(Cl)c1. The Labute approximate surface area is 134 Å². The van der Waals surface area contributed by atoms with Gasteiger partial charge in [-0.2, -0.15) is 0 Å². The number of halogens is 2. The van der Waals surface area contributed by atoms with Gasteiger partial charge in [-0.3, -0.25) is 0 Å². The third-order valence-corrected chi connectivity index (χ3v) is 4.72. The minimum Gasteiger partial charge on any atom is -0.327 e. The van der Waals surface area contributed by atoms with Crippen LogP contribution in [0.3, 0.4) is 0 Å². The minimum absolute atomic E-state index is 0.0687. The molecule has 0 amide bonds. The molecule has 0 heterocycles. The Morgan fingerprint density at radius 3 is 2.65 bits per heavy atom. The van der Waals surface area contributed by atoms with Crippen molar-refractivity contribution in [1.82, 2.24) is 0 Å². The second-order valence-corrected chi connectivity index (χ2v) is 6.76. The fourth-order valence-electron chi connectivity index (χ4n) is 1.92. The summed E-state index contributed by atoms with van der Waals surface area (Å²) in [5.74, 6) is 0.838. The number of aryl methyl sites for hydroxylation is 1. The summed E-state index contributed by atoms with van der Waals surface area (Å²) in [6.07, 6.45) is 0.784. The topological polar surface area (TPSA) is 26.0 Å². The van der Waals surface area contributed by atoms with E-state index in [1.54, 1.807) is 11.8 Å². The molecule has 1 nitrogen and oxygen atoms in total. The van der Waals surface area contributed by atoms with E-state index in [-0.39, 0.29) is 6.04 Å². The number of benzene rings is 2. The van der Waals surface area contributed by atoms with Crippen molar-refractivity contribution in [2.45, 2.75) is 24.3 Å². The zero-order valence-electron chi connectivity index (χ0n) is 11.3. The summed E-state index contributed by atoms with van der Waals surface area (Å²) >= 11 is 13.9. The lowest BCUT2D eigenvalue weighted by atomic mass is 10.1. The van der Waals surface area contributed by atoms with Crippen LogP contribution in [0.1, 0.15) is 11.1 Å². The average molecular weight is 326 g/mol. The molecule has 0 aliphatic heterocycles. The lowest BCUT2D eigenvalue weighted by Crippen LogP contribution is -2.25. The Morgan fingerprint density at radius 1 is 1.15 bits per heavy atom. The van der Waals surface area contributed by atoms with Crippen LogP contribution < -0.4 is 5.73 Å². The molecule has 1 atom stereocenters. The zero-order chi connectivity index (χ0) is 14.5. The number of nitrogens with two attached hydrogens (primary N) is 1. The maximum Gasteiger partial charge on any atom is 0.0441 e. The van der Waals surface area contributed by atoms with Gasteiger partial charge in [-0.1, -0.05) is 41.4 Å². The van der Waals surface area contributed by atoms with E-state index in [0.29, 0.717) is 0 Å². The second-order valence-electron chi connectivity index (χ2n) is 4.83. The molecule has 0 aliphatic rings. The van der Waals surface area contributed by atoms with Crippen LogP contribution in [0.25, 0.3) is 0 Å². The molecule has 0 aliphatic carbocycles. The van der Waals surface area contributed by atoms with Crippen molar-refractivity contribution in [2.75, 3.05) is 5.75 Å². The molecule has 2 aromatic rings. The van der Waals surface area contributed by atoms with Crippen molar-refractivity contribution in [3.8, 4) is 0 Å². The van der Waals surface area contributed by atoms with E-state index in [1.807, 2.05) is 37.3 Å². The van der Waals surface area contributed by atoms with Gasteiger partial charge in [0.15, 0.2) is 0 Å². The Kier molecular flexibility index (Phi) is 5.79. The predicted molar refractivity (Wildman–Crippen MR) is 90.0 cm³/mol. The molecule has 0 aromatic heterocycles. The highest BCUT2D eigenvalue weighted by Crippen LogP contribution is 2.24. The van der Waals surface area contributed by atoms with Gasteiger partial charge in [0.25, 0.3) is 0 Å². The molecule has 0 bridgehead atoms. The van der Waals surface area contributed by atoms with Gasteiger partial charge in [0.1, 0.15) is 0 Å². The van der Waals surface area contributed by atoms with E-state index in [1.165, 1.54) is 5.56 Å². The first-order valence-electron chi connectivity index (χ1n) is 6.43. The van der Waals surface area contributed by atoms with Crippen molar-refractivity contribution in [3.63, 3.8) is 0 Å². The smallest absolute Gasteiger partial charge is 0.0441 e. The van der Waals surface area contributed by atoms with E-state index in [2.05, 4.69) is 12.1 Å². The van der Waals surface area contributed by atoms with E-state index < -0.39 is 0 Å². The second kappa shape index (κ2) is 7.37. The molecule has 0 radical (unpaired) electrons. The van der Waals surface area contributed by atoms with Crippen LogP contribution in [0.5, 0.6) is 0 Å². The molecule has 0 spiro atoms. The lowest BCUT2D eigenvalue weighted by molar-refractivity contribution is 0.748. The summed E-state index contributed by atoms with van der Waals surface area (Å²) in [7, 11) is 0. The molecule has 2 rings (SSSR count). The summed E-state index contributed by atoms with van der Waals surface area (Å²) in [6, 6.07) is 14.0. The van der Waals surface area contributed by atoms with Crippen LogP contribution in [-0.2, 0) is 6.42 Å². The van der Waals surface area contributed by atoms with Crippen molar-refractivity contribution in [2.24, 2.45) is 5.73 Å². The third kappa shape index (κ3) is 4.71. The Balaban J connectivity index is 1.90. The van der Waals surface area contributed by atoms with Gasteiger partial charge in [-0.15, -0.1) is 11.8 Å². The molecule has 0 saturated heterocycles. The van der Waals surface area contributed by atoms with Gasteiger partial charge in [0.2, 0.25) is 0 Å². The average Bonchev–Trinajstić information content (AvgIpc) is 2.40. The first kappa shape index (κ1) is 15.7. The molecular weight excluding hydrogens is 309 g/mol. The molecule has 20 heavy (non-hydrogen) atoms. The molecular formula is C16H17Cl2NS. The summed E-state index contributed by atoms with van der Waals surface area (Å²) in [6.45, 7) is 2.03. The van der Waals surface area contributed by atoms with E-state index >= 15 is 0 Å². The van der Waals surface area contributed by atoms with Crippen LogP contribution in [0.2, 0.25) is 10.0 Å². The highest BCUT2D eigenvalue weighted by atomic mass is 35.5. The van der Waals surface area contributed by atoms with Gasteiger partial charge >= 0.3 is 0 Å². The molecule has 4 heteroatoms. The monoisotopic (exact) mass is 325 g/mol. The van der Waals surface area contributed by atoms with Gasteiger partial charge in [-0.05, 0) is 48.7 Å². The van der Waals surface area contributed by atoms with E-state index in [4.69, 9.17) is 28.9 Å². The molecule has 0 saturated carbocycles. The van der Waals surface area contributed by atoms with Crippen LogP contribution in [0.4, 0.5) is 0 Å². The molecule has 2 aromatic carbocycles. The van der Waals surface area contributed by atoms with E-state index in [9.17, 15) is 0 Å². The summed E-state index contributed by atoms with van der Waals surface area (Å²) in [5, 5.41) is 1.55. The third-order valence-electron chi connectivity index (χ3n) is 2.95. The van der Waals surface area contributed by atoms with Gasteiger partial charge < -0.3 is 5.73 Å². The normalized spacial score (nSPS) is 12.4. The molecule has 1 unspecified atom stereocenters. The van der Waals surface area contributed by atoms with Crippen LogP contribution in [-0.4, -0.2) is 11.8 Å². The fourth-order valence-corrected chi connectivity index (χ4v) is 3.40. The van der Waals surface area contributed by atoms with Gasteiger partial charge in [0.05, 0.1) is 0 Å².